The van der Waals surface area contributed by atoms with E-state index in [1.165, 1.54) is 11.4 Å². The predicted octanol–water partition coefficient (Wildman–Crippen LogP) is 3.53. The number of hydrogen-bond donors (Lipinski definition) is 0. The molecule has 0 atom stereocenters. The number of rotatable bonds is 1. The third kappa shape index (κ3) is 1.36. The Balaban J connectivity index is 2.80. The SMILES string of the molecule is Cc1c(C(C)C)nc2c(Br)cccn12. The molecular weight excluding hydrogens is 240 g/mol. The lowest BCUT2D eigenvalue weighted by Gasteiger charge is -2.00. The lowest BCUT2D eigenvalue weighted by Crippen LogP contribution is -1.91. The van der Waals surface area contributed by atoms with Crippen molar-refractivity contribution in [1.82, 2.24) is 9.38 Å². The van der Waals surface area contributed by atoms with Crippen molar-refractivity contribution in [3.8, 4) is 0 Å². The summed E-state index contributed by atoms with van der Waals surface area (Å²) >= 11 is 3.51. The monoisotopic (exact) mass is 252 g/mol. The summed E-state index contributed by atoms with van der Waals surface area (Å²) in [7, 11) is 0. The van der Waals surface area contributed by atoms with Gasteiger partial charge in [0, 0.05) is 11.9 Å². The van der Waals surface area contributed by atoms with Crippen LogP contribution in [0.5, 0.6) is 0 Å². The van der Waals surface area contributed by atoms with Gasteiger partial charge < -0.3 is 4.40 Å². The summed E-state index contributed by atoms with van der Waals surface area (Å²) in [6, 6.07) is 4.04. The van der Waals surface area contributed by atoms with Gasteiger partial charge in [0.05, 0.1) is 10.2 Å². The number of halogens is 1. The number of fused-ring (bicyclic) bond motifs is 1. The summed E-state index contributed by atoms with van der Waals surface area (Å²) in [5, 5.41) is 0. The molecule has 74 valence electrons. The van der Waals surface area contributed by atoms with E-state index in [4.69, 9.17) is 0 Å². The molecule has 0 spiro atoms. The van der Waals surface area contributed by atoms with E-state index < -0.39 is 0 Å². The van der Waals surface area contributed by atoms with E-state index in [1.807, 2.05) is 18.3 Å². The Bertz CT molecular complexity index is 471. The summed E-state index contributed by atoms with van der Waals surface area (Å²) in [6.07, 6.45) is 2.05. The van der Waals surface area contributed by atoms with Gasteiger partial charge in [-0.1, -0.05) is 13.8 Å². The summed E-state index contributed by atoms with van der Waals surface area (Å²) < 4.78 is 3.18. The zero-order chi connectivity index (χ0) is 10.3. The van der Waals surface area contributed by atoms with Gasteiger partial charge in [-0.2, -0.15) is 0 Å². The van der Waals surface area contributed by atoms with E-state index in [-0.39, 0.29) is 0 Å². The zero-order valence-corrected chi connectivity index (χ0v) is 10.2. The Hall–Kier alpha value is -0.830. The molecule has 0 N–H and O–H groups in total. The van der Waals surface area contributed by atoms with Gasteiger partial charge in [0.25, 0.3) is 0 Å². The van der Waals surface area contributed by atoms with Gasteiger partial charge in [-0.05, 0) is 40.9 Å². The minimum atomic E-state index is 0.474. The number of imidazole rings is 1. The fraction of sp³-hybridized carbons (Fsp3) is 0.364. The Labute approximate surface area is 92.1 Å². The summed E-state index contributed by atoms with van der Waals surface area (Å²) in [5.41, 5.74) is 3.42. The van der Waals surface area contributed by atoms with E-state index >= 15 is 0 Å². The molecule has 0 bridgehead atoms. The van der Waals surface area contributed by atoms with Crippen LogP contribution >= 0.6 is 15.9 Å². The molecule has 14 heavy (non-hydrogen) atoms. The maximum absolute atomic E-state index is 4.63. The molecule has 0 saturated carbocycles. The van der Waals surface area contributed by atoms with Crippen molar-refractivity contribution >= 4 is 21.6 Å². The Morgan fingerprint density at radius 3 is 2.71 bits per heavy atom. The van der Waals surface area contributed by atoms with Crippen molar-refractivity contribution in [3.05, 3.63) is 34.2 Å². The van der Waals surface area contributed by atoms with Crippen LogP contribution in [0.25, 0.3) is 5.65 Å². The fourth-order valence-electron chi connectivity index (χ4n) is 1.72. The van der Waals surface area contributed by atoms with Crippen LogP contribution in [0.4, 0.5) is 0 Å². The molecule has 0 aliphatic heterocycles. The standard InChI is InChI=1S/C11H13BrN2/c1-7(2)10-8(3)14-6-4-5-9(12)11(14)13-10/h4-7H,1-3H3. The quantitative estimate of drug-likeness (QED) is 0.759. The van der Waals surface area contributed by atoms with Gasteiger partial charge in [0.15, 0.2) is 5.65 Å². The highest BCUT2D eigenvalue weighted by Crippen LogP contribution is 2.24. The van der Waals surface area contributed by atoms with Crippen LogP contribution in [0.2, 0.25) is 0 Å². The van der Waals surface area contributed by atoms with Crippen LogP contribution in [0.3, 0.4) is 0 Å². The minimum absolute atomic E-state index is 0.474. The molecule has 2 aromatic rings. The summed E-state index contributed by atoms with van der Waals surface area (Å²) in [4.78, 5) is 4.63. The normalized spacial score (nSPS) is 11.5. The number of aromatic nitrogens is 2. The highest BCUT2D eigenvalue weighted by molar-refractivity contribution is 9.10. The van der Waals surface area contributed by atoms with E-state index in [2.05, 4.69) is 46.1 Å². The molecule has 2 heterocycles. The van der Waals surface area contributed by atoms with Crippen molar-refractivity contribution in [2.45, 2.75) is 26.7 Å². The predicted molar refractivity (Wildman–Crippen MR) is 61.7 cm³/mol. The number of aryl methyl sites for hydroxylation is 1. The molecule has 2 aromatic heterocycles. The molecule has 0 saturated heterocycles. The average Bonchev–Trinajstić information content (AvgIpc) is 2.46. The van der Waals surface area contributed by atoms with E-state index in [0.29, 0.717) is 5.92 Å². The third-order valence-electron chi connectivity index (χ3n) is 2.42. The second-order valence-electron chi connectivity index (χ2n) is 3.79. The average molecular weight is 253 g/mol. The molecule has 2 rings (SSSR count). The second-order valence-corrected chi connectivity index (χ2v) is 4.64. The van der Waals surface area contributed by atoms with Crippen molar-refractivity contribution in [3.63, 3.8) is 0 Å². The highest BCUT2D eigenvalue weighted by Gasteiger charge is 2.12. The summed E-state index contributed by atoms with van der Waals surface area (Å²) in [6.45, 7) is 6.45. The van der Waals surface area contributed by atoms with E-state index in [1.54, 1.807) is 0 Å². The molecule has 0 aliphatic rings. The molecule has 2 nitrogen and oxygen atoms in total. The first-order chi connectivity index (χ1) is 6.61. The first kappa shape index (κ1) is 9.71. The van der Waals surface area contributed by atoms with Gasteiger partial charge in [0.1, 0.15) is 0 Å². The fourth-order valence-corrected chi connectivity index (χ4v) is 2.15. The van der Waals surface area contributed by atoms with Crippen LogP contribution in [0, 0.1) is 6.92 Å². The smallest absolute Gasteiger partial charge is 0.151 e. The molecule has 0 aromatic carbocycles. The Morgan fingerprint density at radius 1 is 1.43 bits per heavy atom. The Morgan fingerprint density at radius 2 is 2.14 bits per heavy atom. The zero-order valence-electron chi connectivity index (χ0n) is 8.58. The molecule has 0 unspecified atom stereocenters. The van der Waals surface area contributed by atoms with Gasteiger partial charge in [-0.3, -0.25) is 0 Å². The molecule has 0 amide bonds. The van der Waals surface area contributed by atoms with Crippen LogP contribution in [0.1, 0.15) is 31.2 Å². The molecule has 0 aliphatic carbocycles. The highest BCUT2D eigenvalue weighted by atomic mass is 79.9. The molecular formula is C11H13BrN2. The topological polar surface area (TPSA) is 17.3 Å². The van der Waals surface area contributed by atoms with Gasteiger partial charge in [-0.15, -0.1) is 0 Å². The van der Waals surface area contributed by atoms with Crippen molar-refractivity contribution in [1.29, 1.82) is 0 Å². The van der Waals surface area contributed by atoms with Gasteiger partial charge >= 0.3 is 0 Å². The second kappa shape index (κ2) is 3.39. The van der Waals surface area contributed by atoms with E-state index in [9.17, 15) is 0 Å². The van der Waals surface area contributed by atoms with Crippen LogP contribution in [-0.4, -0.2) is 9.38 Å². The molecule has 0 fully saturated rings. The largest absolute Gasteiger partial charge is 0.303 e. The van der Waals surface area contributed by atoms with Crippen LogP contribution < -0.4 is 0 Å². The minimum Gasteiger partial charge on any atom is -0.303 e. The van der Waals surface area contributed by atoms with Crippen LogP contribution in [0.15, 0.2) is 22.8 Å². The molecule has 0 radical (unpaired) electrons. The summed E-state index contributed by atoms with van der Waals surface area (Å²) in [5.74, 6) is 0.474. The van der Waals surface area contributed by atoms with E-state index in [0.717, 1.165) is 10.1 Å². The Kier molecular flexibility index (Phi) is 2.35. The van der Waals surface area contributed by atoms with Crippen molar-refractivity contribution in [2.24, 2.45) is 0 Å². The first-order valence-electron chi connectivity index (χ1n) is 4.74. The maximum atomic E-state index is 4.63. The maximum Gasteiger partial charge on any atom is 0.151 e. The van der Waals surface area contributed by atoms with Gasteiger partial charge in [0.2, 0.25) is 0 Å². The molecule has 3 heteroatoms. The lowest BCUT2D eigenvalue weighted by molar-refractivity contribution is 0.821. The number of nitrogens with zero attached hydrogens (tertiary/aromatic N) is 2. The number of hydrogen-bond acceptors (Lipinski definition) is 1. The number of pyridine rings is 1. The van der Waals surface area contributed by atoms with Crippen LogP contribution in [-0.2, 0) is 0 Å². The first-order valence-corrected chi connectivity index (χ1v) is 5.53. The van der Waals surface area contributed by atoms with Crippen molar-refractivity contribution in [2.75, 3.05) is 0 Å². The van der Waals surface area contributed by atoms with Gasteiger partial charge in [-0.25, -0.2) is 4.98 Å². The lowest BCUT2D eigenvalue weighted by atomic mass is 10.1. The van der Waals surface area contributed by atoms with Crippen molar-refractivity contribution < 1.29 is 0 Å². The third-order valence-corrected chi connectivity index (χ3v) is 3.04.